The summed E-state index contributed by atoms with van der Waals surface area (Å²) in [5.74, 6) is -2.94. The number of hydrogen-bond acceptors (Lipinski definition) is 6. The highest BCUT2D eigenvalue weighted by atomic mass is 32.1. The summed E-state index contributed by atoms with van der Waals surface area (Å²) in [5.41, 5.74) is 5.15. The van der Waals surface area contributed by atoms with Gasteiger partial charge in [-0.25, -0.2) is 9.59 Å². The summed E-state index contributed by atoms with van der Waals surface area (Å²) in [5, 5.41) is 34.5. The van der Waals surface area contributed by atoms with Crippen molar-refractivity contribution in [1.82, 2.24) is 0 Å². The van der Waals surface area contributed by atoms with Crippen molar-refractivity contribution in [3.05, 3.63) is 23.8 Å². The van der Waals surface area contributed by atoms with Gasteiger partial charge in [0, 0.05) is 12.5 Å². The molecule has 1 unspecified atom stereocenters. The number of benzene rings is 1. The van der Waals surface area contributed by atoms with Crippen LogP contribution in [0.1, 0.15) is 23.2 Å². The Morgan fingerprint density at radius 2 is 2.00 bits per heavy atom. The molecule has 0 fully saturated rings. The Bertz CT molecular complexity index is 603. The van der Waals surface area contributed by atoms with Crippen LogP contribution >= 0.6 is 12.2 Å². The molecule has 1 rings (SSSR count). The van der Waals surface area contributed by atoms with Crippen molar-refractivity contribution < 1.29 is 24.9 Å². The summed E-state index contributed by atoms with van der Waals surface area (Å²) in [6.07, 6.45) is 0.321. The van der Waals surface area contributed by atoms with E-state index in [2.05, 4.69) is 22.4 Å². The van der Waals surface area contributed by atoms with E-state index in [1.807, 2.05) is 0 Å². The number of carboxylic acid groups (broad SMARTS) is 2. The first-order valence-electron chi connectivity index (χ1n) is 5.79. The highest BCUT2D eigenvalue weighted by Crippen LogP contribution is 2.24. The Morgan fingerprint density at radius 1 is 1.33 bits per heavy atom. The lowest BCUT2D eigenvalue weighted by atomic mass is 10.1. The molecule has 0 heterocycles. The Morgan fingerprint density at radius 3 is 2.48 bits per heavy atom. The van der Waals surface area contributed by atoms with Gasteiger partial charge in [-0.3, -0.25) is 0 Å². The number of aromatic hydroxyl groups is 1. The van der Waals surface area contributed by atoms with E-state index in [0.717, 1.165) is 12.1 Å². The van der Waals surface area contributed by atoms with Crippen molar-refractivity contribution in [2.24, 2.45) is 16.0 Å². The largest absolute Gasteiger partial charge is 0.507 e. The normalized spacial score (nSPS) is 12.2. The minimum atomic E-state index is -1.28. The van der Waals surface area contributed by atoms with Gasteiger partial charge >= 0.3 is 11.9 Å². The lowest BCUT2D eigenvalue weighted by Crippen LogP contribution is -2.20. The summed E-state index contributed by atoms with van der Waals surface area (Å²) >= 11 is 4.66. The second-order valence-electron chi connectivity index (χ2n) is 4.08. The van der Waals surface area contributed by atoms with Crippen LogP contribution in [0.2, 0.25) is 0 Å². The molecule has 1 atom stereocenters. The van der Waals surface area contributed by atoms with Crippen LogP contribution in [0.3, 0.4) is 0 Å². The van der Waals surface area contributed by atoms with E-state index in [1.54, 1.807) is 0 Å². The summed E-state index contributed by atoms with van der Waals surface area (Å²) < 4.78 is 0. The van der Waals surface area contributed by atoms with Gasteiger partial charge in [0.05, 0.1) is 10.7 Å². The number of thiocarbonyl (C=S) groups is 1. The number of hydrogen-bond donors (Lipinski definition) is 4. The van der Waals surface area contributed by atoms with E-state index in [0.29, 0.717) is 0 Å². The molecule has 0 aromatic heterocycles. The molecule has 8 nitrogen and oxygen atoms in total. The van der Waals surface area contributed by atoms with Crippen LogP contribution in [0.4, 0.5) is 5.69 Å². The maximum Gasteiger partial charge on any atom is 0.339 e. The minimum absolute atomic E-state index is 0.105. The van der Waals surface area contributed by atoms with Crippen LogP contribution in [0, 0.1) is 0 Å². The Balaban J connectivity index is 2.86. The molecule has 0 aliphatic carbocycles. The molecule has 0 amide bonds. The van der Waals surface area contributed by atoms with Gasteiger partial charge in [0.15, 0.2) is 6.04 Å². The molecule has 0 aliphatic rings. The van der Waals surface area contributed by atoms with Gasteiger partial charge in [-0.1, -0.05) is 12.2 Å². The zero-order valence-electron chi connectivity index (χ0n) is 10.8. The van der Waals surface area contributed by atoms with Gasteiger partial charge in [0.1, 0.15) is 11.3 Å². The van der Waals surface area contributed by atoms with E-state index in [4.69, 9.17) is 15.9 Å². The number of nitrogens with two attached hydrogens (primary N) is 1. The van der Waals surface area contributed by atoms with E-state index < -0.39 is 23.7 Å². The molecule has 0 saturated carbocycles. The van der Waals surface area contributed by atoms with Crippen LogP contribution in [0.15, 0.2) is 28.4 Å². The molecule has 21 heavy (non-hydrogen) atoms. The summed E-state index contributed by atoms with van der Waals surface area (Å²) in [7, 11) is 0. The number of carbonyl (C=O) groups is 2. The number of rotatable bonds is 7. The topological polar surface area (TPSA) is 146 Å². The number of nitrogens with zero attached hydrogens (tertiary/aromatic N) is 2. The van der Waals surface area contributed by atoms with Crippen LogP contribution in [0.5, 0.6) is 5.75 Å². The third-order valence-corrected chi connectivity index (χ3v) is 2.68. The molecular weight excluding hydrogens is 298 g/mol. The van der Waals surface area contributed by atoms with E-state index in [1.165, 1.54) is 6.07 Å². The highest BCUT2D eigenvalue weighted by Gasteiger charge is 2.17. The van der Waals surface area contributed by atoms with Crippen molar-refractivity contribution in [3.63, 3.8) is 0 Å². The summed E-state index contributed by atoms with van der Waals surface area (Å²) in [6, 6.07) is 2.42. The quantitative estimate of drug-likeness (QED) is 0.442. The average Bonchev–Trinajstić information content (AvgIpc) is 2.37. The van der Waals surface area contributed by atoms with Gasteiger partial charge in [0.25, 0.3) is 0 Å². The zero-order valence-corrected chi connectivity index (χ0v) is 11.6. The SMILES string of the molecule is NC(=S)CCC(N=Nc1ccc(C(=O)O)c(O)c1)C(=O)O. The number of aliphatic carboxylic acids is 1. The minimum Gasteiger partial charge on any atom is -0.507 e. The molecule has 112 valence electrons. The van der Waals surface area contributed by atoms with Crippen molar-refractivity contribution in [3.8, 4) is 5.75 Å². The second-order valence-corrected chi connectivity index (χ2v) is 4.61. The maximum atomic E-state index is 11.0. The number of aromatic carboxylic acids is 1. The summed E-state index contributed by atoms with van der Waals surface area (Å²) in [4.78, 5) is 21.9. The number of phenols is 1. The van der Waals surface area contributed by atoms with E-state index in [9.17, 15) is 14.7 Å². The first kappa shape index (κ1) is 16.5. The zero-order chi connectivity index (χ0) is 16.0. The monoisotopic (exact) mass is 311 g/mol. The van der Waals surface area contributed by atoms with Gasteiger partial charge in [-0.05, 0) is 18.6 Å². The molecule has 0 aliphatic heterocycles. The highest BCUT2D eigenvalue weighted by molar-refractivity contribution is 7.80. The molecule has 1 aromatic carbocycles. The summed E-state index contributed by atoms with van der Waals surface area (Å²) in [6.45, 7) is 0. The molecule has 9 heteroatoms. The van der Waals surface area contributed by atoms with Gasteiger partial charge in [-0.15, -0.1) is 0 Å². The molecule has 0 saturated heterocycles. The van der Waals surface area contributed by atoms with Gasteiger partial charge in [-0.2, -0.15) is 10.2 Å². The average molecular weight is 311 g/mol. The third kappa shape index (κ3) is 5.15. The first-order chi connectivity index (χ1) is 9.81. The fraction of sp³-hybridized carbons (Fsp3) is 0.250. The van der Waals surface area contributed by atoms with Crippen molar-refractivity contribution >= 4 is 34.8 Å². The molecule has 1 aromatic rings. The number of azo groups is 1. The lowest BCUT2D eigenvalue weighted by Gasteiger charge is -2.05. The third-order valence-electron chi connectivity index (χ3n) is 2.47. The molecule has 0 radical (unpaired) electrons. The van der Waals surface area contributed by atoms with Crippen LogP contribution in [0.25, 0.3) is 0 Å². The van der Waals surface area contributed by atoms with Gasteiger partial charge in [0.2, 0.25) is 0 Å². The van der Waals surface area contributed by atoms with Crippen molar-refractivity contribution in [1.29, 1.82) is 0 Å². The smallest absolute Gasteiger partial charge is 0.339 e. The van der Waals surface area contributed by atoms with Crippen molar-refractivity contribution in [2.45, 2.75) is 18.9 Å². The van der Waals surface area contributed by atoms with E-state index in [-0.39, 0.29) is 29.1 Å². The van der Waals surface area contributed by atoms with Gasteiger partial charge < -0.3 is 21.1 Å². The number of carboxylic acids is 2. The lowest BCUT2D eigenvalue weighted by molar-refractivity contribution is -0.138. The molecular formula is C12H13N3O5S. The Hall–Kier alpha value is -2.55. The van der Waals surface area contributed by atoms with Crippen molar-refractivity contribution in [2.75, 3.05) is 0 Å². The standard InChI is InChI=1S/C12H13N3O5S/c13-10(21)4-3-8(12(19)20)15-14-6-1-2-7(11(17)18)9(16)5-6/h1-2,5,8,16H,3-4H2,(H2,13,21)(H,17,18)(H,19,20). The Labute approximate surface area is 124 Å². The maximum absolute atomic E-state index is 11.0. The van der Waals surface area contributed by atoms with E-state index >= 15 is 0 Å². The fourth-order valence-electron chi connectivity index (χ4n) is 1.41. The van der Waals surface area contributed by atoms with Crippen LogP contribution in [-0.4, -0.2) is 38.3 Å². The predicted molar refractivity (Wildman–Crippen MR) is 77.0 cm³/mol. The van der Waals surface area contributed by atoms with Crippen LogP contribution < -0.4 is 5.73 Å². The fourth-order valence-corrected chi connectivity index (χ4v) is 1.53. The molecule has 0 spiro atoms. The Kier molecular flexibility index (Phi) is 5.73. The molecule has 0 bridgehead atoms. The van der Waals surface area contributed by atoms with Crippen LogP contribution in [-0.2, 0) is 4.79 Å². The first-order valence-corrected chi connectivity index (χ1v) is 6.20. The molecule has 5 N–H and O–H groups in total. The predicted octanol–water partition coefficient (Wildman–Crippen LogP) is 1.69. The second kappa shape index (κ2) is 7.29.